The highest BCUT2D eigenvalue weighted by Gasteiger charge is 2.05. The molecule has 166 valence electrons. The van der Waals surface area contributed by atoms with Crippen molar-refractivity contribution in [1.29, 1.82) is 0 Å². The number of hydrogen-bond acceptors (Lipinski definition) is 0. The third kappa shape index (κ3) is 4.37. The minimum atomic E-state index is -0.217. The normalized spacial score (nSPS) is 11.0. The summed E-state index contributed by atoms with van der Waals surface area (Å²) in [5.41, 5.74) is 9.00. The van der Waals surface area contributed by atoms with Crippen LogP contribution in [0, 0.1) is 5.82 Å². The lowest BCUT2D eigenvalue weighted by atomic mass is 9.95. The van der Waals surface area contributed by atoms with Crippen molar-refractivity contribution in [2.75, 3.05) is 0 Å². The topological polar surface area (TPSA) is 0 Å². The molecule has 0 saturated carbocycles. The number of rotatable bonds is 4. The van der Waals surface area contributed by atoms with Crippen LogP contribution in [0.15, 0.2) is 140 Å². The first-order valence-electron chi connectivity index (χ1n) is 11.8. The largest absolute Gasteiger partial charge is 0.207 e. The highest BCUT2D eigenvalue weighted by atomic mass is 19.1. The average Bonchev–Trinajstić information content (AvgIpc) is 2.93. The van der Waals surface area contributed by atoms with Crippen LogP contribution in [0.25, 0.3) is 55.3 Å². The number of halogens is 1. The van der Waals surface area contributed by atoms with Crippen LogP contribution in [0.2, 0.25) is 0 Å². The van der Waals surface area contributed by atoms with Gasteiger partial charge in [0.1, 0.15) is 5.82 Å². The SMILES string of the molecule is Fc1cccc(-c2ccc(-c3cccc(-c4ccc(-c5ccc6ccccc6c5)cc4)c3)cc2)c1. The standard InChI is InChI=1S/C34H23F/c35-34-10-4-9-32(23-34)27-15-11-25(12-16-27)30-7-3-8-31(21-30)26-13-17-28(18-14-26)33-20-19-24-5-1-2-6-29(24)22-33/h1-23H. The summed E-state index contributed by atoms with van der Waals surface area (Å²) in [6.45, 7) is 0. The predicted molar refractivity (Wildman–Crippen MR) is 146 cm³/mol. The van der Waals surface area contributed by atoms with E-state index in [2.05, 4.69) is 115 Å². The number of fused-ring (bicyclic) bond motifs is 1. The number of hydrogen-bond donors (Lipinski definition) is 0. The maximum Gasteiger partial charge on any atom is 0.123 e. The Balaban J connectivity index is 1.26. The van der Waals surface area contributed by atoms with Gasteiger partial charge in [-0.3, -0.25) is 0 Å². The summed E-state index contributed by atoms with van der Waals surface area (Å²) >= 11 is 0. The van der Waals surface area contributed by atoms with Gasteiger partial charge in [0.2, 0.25) is 0 Å². The van der Waals surface area contributed by atoms with Crippen molar-refractivity contribution in [3.63, 3.8) is 0 Å². The molecule has 0 aliphatic heterocycles. The van der Waals surface area contributed by atoms with Gasteiger partial charge in [0.05, 0.1) is 0 Å². The molecule has 0 nitrogen and oxygen atoms in total. The summed E-state index contributed by atoms with van der Waals surface area (Å²) in [6, 6.07) is 47.5. The van der Waals surface area contributed by atoms with Gasteiger partial charge in [-0.25, -0.2) is 4.39 Å². The van der Waals surface area contributed by atoms with Crippen LogP contribution in [-0.4, -0.2) is 0 Å². The molecule has 35 heavy (non-hydrogen) atoms. The van der Waals surface area contributed by atoms with Crippen LogP contribution >= 0.6 is 0 Å². The Bertz CT molecular complexity index is 1630. The second-order valence-corrected chi connectivity index (χ2v) is 8.81. The Morgan fingerprint density at radius 2 is 0.714 bits per heavy atom. The second-order valence-electron chi connectivity index (χ2n) is 8.81. The summed E-state index contributed by atoms with van der Waals surface area (Å²) in [7, 11) is 0. The molecule has 6 aromatic rings. The summed E-state index contributed by atoms with van der Waals surface area (Å²) in [5.74, 6) is -0.217. The van der Waals surface area contributed by atoms with Gasteiger partial charge < -0.3 is 0 Å². The Morgan fingerprint density at radius 3 is 1.26 bits per heavy atom. The highest BCUT2D eigenvalue weighted by molar-refractivity contribution is 5.87. The minimum Gasteiger partial charge on any atom is -0.207 e. The average molecular weight is 451 g/mol. The van der Waals surface area contributed by atoms with Crippen molar-refractivity contribution in [1.82, 2.24) is 0 Å². The first kappa shape index (κ1) is 21.1. The fourth-order valence-corrected chi connectivity index (χ4v) is 4.63. The van der Waals surface area contributed by atoms with E-state index in [9.17, 15) is 4.39 Å². The highest BCUT2D eigenvalue weighted by Crippen LogP contribution is 2.31. The van der Waals surface area contributed by atoms with Gasteiger partial charge in [-0.05, 0) is 79.5 Å². The fraction of sp³-hybridized carbons (Fsp3) is 0. The number of benzene rings is 6. The molecule has 0 bridgehead atoms. The van der Waals surface area contributed by atoms with E-state index in [0.29, 0.717) is 0 Å². The zero-order valence-electron chi connectivity index (χ0n) is 19.2. The van der Waals surface area contributed by atoms with Gasteiger partial charge in [0.15, 0.2) is 0 Å². The first-order chi connectivity index (χ1) is 17.2. The lowest BCUT2D eigenvalue weighted by Gasteiger charge is -2.09. The molecule has 0 spiro atoms. The summed E-state index contributed by atoms with van der Waals surface area (Å²) < 4.78 is 13.6. The van der Waals surface area contributed by atoms with E-state index in [1.165, 1.54) is 39.1 Å². The molecule has 0 unspecified atom stereocenters. The molecule has 1 heteroatoms. The van der Waals surface area contributed by atoms with E-state index >= 15 is 0 Å². The second kappa shape index (κ2) is 9.04. The Hall–Kier alpha value is -4.49. The van der Waals surface area contributed by atoms with E-state index in [0.717, 1.165) is 22.3 Å². The molecule has 0 atom stereocenters. The fourth-order valence-electron chi connectivity index (χ4n) is 4.63. The summed E-state index contributed by atoms with van der Waals surface area (Å²) in [4.78, 5) is 0. The molecular formula is C34H23F. The van der Waals surface area contributed by atoms with E-state index in [4.69, 9.17) is 0 Å². The van der Waals surface area contributed by atoms with Gasteiger partial charge in [-0.2, -0.15) is 0 Å². The predicted octanol–water partition coefficient (Wildman–Crippen LogP) is 9.65. The van der Waals surface area contributed by atoms with Gasteiger partial charge >= 0.3 is 0 Å². The van der Waals surface area contributed by atoms with Crippen molar-refractivity contribution in [2.24, 2.45) is 0 Å². The van der Waals surface area contributed by atoms with E-state index in [-0.39, 0.29) is 5.82 Å². The van der Waals surface area contributed by atoms with Gasteiger partial charge in [0.25, 0.3) is 0 Å². The van der Waals surface area contributed by atoms with Crippen LogP contribution in [0.5, 0.6) is 0 Å². The zero-order chi connectivity index (χ0) is 23.6. The zero-order valence-corrected chi connectivity index (χ0v) is 19.2. The van der Waals surface area contributed by atoms with E-state index < -0.39 is 0 Å². The molecule has 0 saturated heterocycles. The summed E-state index contributed by atoms with van der Waals surface area (Å²) in [5, 5.41) is 2.51. The molecule has 0 fully saturated rings. The van der Waals surface area contributed by atoms with Gasteiger partial charge in [-0.15, -0.1) is 0 Å². The smallest absolute Gasteiger partial charge is 0.123 e. The van der Waals surface area contributed by atoms with Crippen molar-refractivity contribution >= 4 is 10.8 Å². The first-order valence-corrected chi connectivity index (χ1v) is 11.8. The van der Waals surface area contributed by atoms with Gasteiger partial charge in [-0.1, -0.05) is 115 Å². The Morgan fingerprint density at radius 1 is 0.286 bits per heavy atom. The van der Waals surface area contributed by atoms with Crippen molar-refractivity contribution in [2.45, 2.75) is 0 Å². The monoisotopic (exact) mass is 450 g/mol. The van der Waals surface area contributed by atoms with Crippen LogP contribution < -0.4 is 0 Å². The van der Waals surface area contributed by atoms with Crippen LogP contribution in [0.4, 0.5) is 4.39 Å². The summed E-state index contributed by atoms with van der Waals surface area (Å²) in [6.07, 6.45) is 0. The molecule has 0 aliphatic rings. The molecule has 0 amide bonds. The molecule has 0 aliphatic carbocycles. The maximum absolute atomic E-state index is 13.6. The lowest BCUT2D eigenvalue weighted by molar-refractivity contribution is 0.628. The lowest BCUT2D eigenvalue weighted by Crippen LogP contribution is -1.84. The van der Waals surface area contributed by atoms with Crippen molar-refractivity contribution in [3.05, 3.63) is 145 Å². The molecule has 0 aromatic heterocycles. The van der Waals surface area contributed by atoms with Crippen LogP contribution in [0.1, 0.15) is 0 Å². The van der Waals surface area contributed by atoms with Crippen LogP contribution in [-0.2, 0) is 0 Å². The molecular weight excluding hydrogens is 427 g/mol. The van der Waals surface area contributed by atoms with Crippen molar-refractivity contribution in [3.8, 4) is 44.5 Å². The van der Waals surface area contributed by atoms with E-state index in [1.807, 2.05) is 6.07 Å². The molecule has 6 rings (SSSR count). The molecule has 0 heterocycles. The molecule has 0 radical (unpaired) electrons. The molecule has 0 N–H and O–H groups in total. The minimum absolute atomic E-state index is 0.217. The van der Waals surface area contributed by atoms with Gasteiger partial charge in [0, 0.05) is 0 Å². The van der Waals surface area contributed by atoms with Crippen LogP contribution in [0.3, 0.4) is 0 Å². The quantitative estimate of drug-likeness (QED) is 0.251. The third-order valence-corrected chi connectivity index (χ3v) is 6.54. The van der Waals surface area contributed by atoms with Crippen molar-refractivity contribution < 1.29 is 4.39 Å². The Labute approximate surface area is 205 Å². The molecule has 6 aromatic carbocycles. The maximum atomic E-state index is 13.6. The van der Waals surface area contributed by atoms with E-state index in [1.54, 1.807) is 12.1 Å². The third-order valence-electron chi connectivity index (χ3n) is 6.54. The Kier molecular flexibility index (Phi) is 5.44.